The van der Waals surface area contributed by atoms with Crippen LogP contribution >= 0.6 is 0 Å². The van der Waals surface area contributed by atoms with Gasteiger partial charge in [0.15, 0.2) is 0 Å². The lowest BCUT2D eigenvalue weighted by molar-refractivity contribution is -0.126. The molecule has 7 heteroatoms. The summed E-state index contributed by atoms with van der Waals surface area (Å²) in [5, 5.41) is 7.12. The number of carbonyl (C=O) groups is 1. The molecular formula is C23H29FN4O2. The van der Waals surface area contributed by atoms with Crippen molar-refractivity contribution in [3.05, 3.63) is 47.6 Å². The van der Waals surface area contributed by atoms with Gasteiger partial charge in [0, 0.05) is 18.0 Å². The molecular weight excluding hydrogens is 383 g/mol. The second-order valence-corrected chi connectivity index (χ2v) is 8.22. The van der Waals surface area contributed by atoms with Crippen molar-refractivity contribution in [2.45, 2.75) is 51.5 Å². The maximum absolute atomic E-state index is 13.1. The first-order chi connectivity index (χ1) is 14.7. The van der Waals surface area contributed by atoms with Gasteiger partial charge < -0.3 is 9.84 Å². The van der Waals surface area contributed by atoms with E-state index < -0.39 is 0 Å². The molecule has 1 fully saturated rings. The maximum atomic E-state index is 13.1. The van der Waals surface area contributed by atoms with Gasteiger partial charge in [-0.15, -0.1) is 0 Å². The Morgan fingerprint density at radius 3 is 2.73 bits per heavy atom. The van der Waals surface area contributed by atoms with Gasteiger partial charge in [-0.1, -0.05) is 16.8 Å². The second-order valence-electron chi connectivity index (χ2n) is 8.22. The molecule has 4 rings (SSSR count). The number of hydrogen-bond acceptors (Lipinski definition) is 5. The van der Waals surface area contributed by atoms with Crippen LogP contribution in [0.1, 0.15) is 50.8 Å². The van der Waals surface area contributed by atoms with E-state index in [9.17, 15) is 9.18 Å². The number of benzene rings is 1. The Labute approximate surface area is 176 Å². The van der Waals surface area contributed by atoms with E-state index >= 15 is 0 Å². The highest BCUT2D eigenvalue weighted by Crippen LogP contribution is 2.22. The summed E-state index contributed by atoms with van der Waals surface area (Å²) >= 11 is 0. The molecule has 1 aromatic heterocycles. The molecule has 0 bridgehead atoms. The molecule has 1 aliphatic carbocycles. The number of likely N-dealkylation sites (tertiary alicyclic amines) is 1. The van der Waals surface area contributed by atoms with Crippen LogP contribution in [0.2, 0.25) is 0 Å². The molecule has 0 spiro atoms. The predicted molar refractivity (Wildman–Crippen MR) is 112 cm³/mol. The quantitative estimate of drug-likeness (QED) is 0.694. The Morgan fingerprint density at radius 2 is 2.00 bits per heavy atom. The van der Waals surface area contributed by atoms with Gasteiger partial charge in [-0.3, -0.25) is 9.69 Å². The number of nitrogens with zero attached hydrogens (tertiary/aromatic N) is 3. The molecule has 160 valence electrons. The van der Waals surface area contributed by atoms with Crippen LogP contribution < -0.4 is 5.32 Å². The molecule has 2 aromatic rings. The SMILES string of the molecule is O=C(NCCC1=CCCCC1)C1CCN(Cc2nc(-c3ccc(F)cc3)no2)CC1. The van der Waals surface area contributed by atoms with Gasteiger partial charge in [0.1, 0.15) is 5.82 Å². The highest BCUT2D eigenvalue weighted by atomic mass is 19.1. The van der Waals surface area contributed by atoms with Crippen molar-refractivity contribution in [1.82, 2.24) is 20.4 Å². The highest BCUT2D eigenvalue weighted by Gasteiger charge is 2.26. The van der Waals surface area contributed by atoms with E-state index in [2.05, 4.69) is 26.4 Å². The van der Waals surface area contributed by atoms with E-state index in [1.165, 1.54) is 43.4 Å². The molecule has 2 aliphatic rings. The van der Waals surface area contributed by atoms with Gasteiger partial charge in [0.05, 0.1) is 6.54 Å². The van der Waals surface area contributed by atoms with Crippen LogP contribution in [0, 0.1) is 11.7 Å². The standard InChI is InChI=1S/C23H29FN4O2/c24-20-8-6-18(7-9-20)22-26-21(30-27-22)16-28-14-11-19(12-15-28)23(29)25-13-10-17-4-2-1-3-5-17/h4,6-9,19H,1-3,5,10-16H2,(H,25,29). The first-order valence-corrected chi connectivity index (χ1v) is 10.9. The molecule has 0 saturated carbocycles. The smallest absolute Gasteiger partial charge is 0.241 e. The van der Waals surface area contributed by atoms with Crippen LogP contribution in [-0.2, 0) is 11.3 Å². The largest absolute Gasteiger partial charge is 0.356 e. The molecule has 1 saturated heterocycles. The van der Waals surface area contributed by atoms with E-state index in [-0.39, 0.29) is 17.6 Å². The van der Waals surface area contributed by atoms with Crippen LogP contribution in [0.25, 0.3) is 11.4 Å². The van der Waals surface area contributed by atoms with Crippen LogP contribution in [0.5, 0.6) is 0 Å². The number of rotatable bonds is 7. The molecule has 1 aliphatic heterocycles. The zero-order valence-corrected chi connectivity index (χ0v) is 17.3. The van der Waals surface area contributed by atoms with Crippen LogP contribution in [-0.4, -0.2) is 40.6 Å². The summed E-state index contributed by atoms with van der Waals surface area (Å²) in [6, 6.07) is 6.04. The topological polar surface area (TPSA) is 71.3 Å². The molecule has 1 aromatic carbocycles. The number of hydrogen-bond donors (Lipinski definition) is 1. The summed E-state index contributed by atoms with van der Waals surface area (Å²) in [4.78, 5) is 19.1. The van der Waals surface area contributed by atoms with E-state index in [4.69, 9.17) is 4.52 Å². The molecule has 0 radical (unpaired) electrons. The average Bonchev–Trinajstić information content (AvgIpc) is 3.24. The Balaban J connectivity index is 1.19. The fourth-order valence-electron chi connectivity index (χ4n) is 4.20. The first-order valence-electron chi connectivity index (χ1n) is 10.9. The number of carbonyl (C=O) groups excluding carboxylic acids is 1. The minimum absolute atomic E-state index is 0.0825. The zero-order chi connectivity index (χ0) is 20.8. The number of piperidine rings is 1. The van der Waals surface area contributed by atoms with Crippen molar-refractivity contribution in [2.75, 3.05) is 19.6 Å². The van der Waals surface area contributed by atoms with E-state index in [0.717, 1.165) is 44.5 Å². The van der Waals surface area contributed by atoms with E-state index in [0.29, 0.717) is 18.3 Å². The van der Waals surface area contributed by atoms with Crippen molar-refractivity contribution >= 4 is 5.91 Å². The van der Waals surface area contributed by atoms with Crippen molar-refractivity contribution in [3.8, 4) is 11.4 Å². The molecule has 1 N–H and O–H groups in total. The fourth-order valence-corrected chi connectivity index (χ4v) is 4.20. The molecule has 6 nitrogen and oxygen atoms in total. The zero-order valence-electron chi connectivity index (χ0n) is 17.3. The van der Waals surface area contributed by atoms with E-state index in [1.807, 2.05) is 0 Å². The lowest BCUT2D eigenvalue weighted by Gasteiger charge is -2.30. The minimum atomic E-state index is -0.291. The molecule has 30 heavy (non-hydrogen) atoms. The Bertz CT molecular complexity index is 870. The number of allylic oxidation sites excluding steroid dienone is 1. The summed E-state index contributed by atoms with van der Waals surface area (Å²) < 4.78 is 18.4. The maximum Gasteiger partial charge on any atom is 0.241 e. The predicted octanol–water partition coefficient (Wildman–Crippen LogP) is 4.09. The summed E-state index contributed by atoms with van der Waals surface area (Å²) in [7, 11) is 0. The monoisotopic (exact) mass is 412 g/mol. The van der Waals surface area contributed by atoms with Crippen LogP contribution in [0.4, 0.5) is 4.39 Å². The summed E-state index contributed by atoms with van der Waals surface area (Å²) in [6.07, 6.45) is 9.96. The molecule has 0 atom stereocenters. The minimum Gasteiger partial charge on any atom is -0.356 e. The normalized spacial score (nSPS) is 18.2. The lowest BCUT2D eigenvalue weighted by Crippen LogP contribution is -2.40. The second kappa shape index (κ2) is 9.98. The third kappa shape index (κ3) is 5.53. The van der Waals surface area contributed by atoms with Gasteiger partial charge in [-0.2, -0.15) is 4.98 Å². The number of halogens is 1. The Morgan fingerprint density at radius 1 is 1.20 bits per heavy atom. The Kier molecular flexibility index (Phi) is 6.89. The molecule has 2 heterocycles. The van der Waals surface area contributed by atoms with Crippen molar-refractivity contribution in [1.29, 1.82) is 0 Å². The van der Waals surface area contributed by atoms with Crippen LogP contribution in [0.15, 0.2) is 40.4 Å². The van der Waals surface area contributed by atoms with Gasteiger partial charge in [0.2, 0.25) is 17.6 Å². The van der Waals surface area contributed by atoms with Gasteiger partial charge in [-0.25, -0.2) is 4.39 Å². The lowest BCUT2D eigenvalue weighted by atomic mass is 9.95. The molecule has 1 amide bonds. The average molecular weight is 413 g/mol. The van der Waals surface area contributed by atoms with Crippen molar-refractivity contribution in [3.63, 3.8) is 0 Å². The summed E-state index contributed by atoms with van der Waals surface area (Å²) in [6.45, 7) is 2.98. The highest BCUT2D eigenvalue weighted by molar-refractivity contribution is 5.78. The van der Waals surface area contributed by atoms with Gasteiger partial charge in [-0.05, 0) is 82.3 Å². The number of aromatic nitrogens is 2. The van der Waals surface area contributed by atoms with Crippen molar-refractivity contribution in [2.24, 2.45) is 5.92 Å². The number of amides is 1. The van der Waals surface area contributed by atoms with Crippen LogP contribution in [0.3, 0.4) is 0 Å². The van der Waals surface area contributed by atoms with Gasteiger partial charge in [0.25, 0.3) is 0 Å². The van der Waals surface area contributed by atoms with Crippen molar-refractivity contribution < 1.29 is 13.7 Å². The summed E-state index contributed by atoms with van der Waals surface area (Å²) in [5.41, 5.74) is 2.22. The molecule has 0 unspecified atom stereocenters. The first kappa shape index (κ1) is 20.7. The van der Waals surface area contributed by atoms with E-state index in [1.54, 1.807) is 12.1 Å². The Hall–Kier alpha value is -2.54. The third-order valence-electron chi connectivity index (χ3n) is 6.02. The third-order valence-corrected chi connectivity index (χ3v) is 6.02. The van der Waals surface area contributed by atoms with Gasteiger partial charge >= 0.3 is 0 Å². The fraction of sp³-hybridized carbons (Fsp3) is 0.522. The number of nitrogens with one attached hydrogen (secondary N) is 1. The summed E-state index contributed by atoms with van der Waals surface area (Å²) in [5.74, 6) is 0.979.